The molecular weight excluding hydrogens is 179 g/mol. The van der Waals surface area contributed by atoms with Crippen molar-refractivity contribution in [3.05, 3.63) is 0 Å². The summed E-state index contributed by atoms with van der Waals surface area (Å²) < 4.78 is 12.3. The highest BCUT2D eigenvalue weighted by Crippen LogP contribution is 2.31. The molecule has 0 heterocycles. The highest BCUT2D eigenvalue weighted by Gasteiger charge is 2.35. The molecule has 76 valence electrons. The summed E-state index contributed by atoms with van der Waals surface area (Å²) in [6, 6.07) is 0. The third-order valence-electron chi connectivity index (χ3n) is 2.70. The minimum atomic E-state index is -1.32. The van der Waals surface area contributed by atoms with Gasteiger partial charge in [-0.3, -0.25) is 0 Å². The molecule has 2 nitrogen and oxygen atoms in total. The highest BCUT2D eigenvalue weighted by atomic mass is 27.2. The molecule has 0 aliphatic heterocycles. The Morgan fingerprint density at radius 3 is 2.00 bits per heavy atom. The van der Waals surface area contributed by atoms with Crippen LogP contribution in [0, 0.1) is 0 Å². The van der Waals surface area contributed by atoms with E-state index in [-0.39, 0.29) is 0 Å². The van der Waals surface area contributed by atoms with Crippen LogP contribution in [0.3, 0.4) is 0 Å². The van der Waals surface area contributed by atoms with E-state index in [1.807, 2.05) is 0 Å². The molecule has 1 saturated carbocycles. The standard InChI is InChI=1S/C6H11.2C2H5O.Al/c1-2-4-6-5-3-1;2*1-2-3;/h1H,2-6H2;2*2H2,1H3;/q;2*-1;+2. The normalized spacial score (nSPS) is 18.9. The first-order valence-electron chi connectivity index (χ1n) is 5.61. The fourth-order valence-corrected chi connectivity index (χ4v) is 4.37. The third kappa shape index (κ3) is 4.00. The summed E-state index contributed by atoms with van der Waals surface area (Å²) in [7, 11) is 0. The van der Waals surface area contributed by atoms with Gasteiger partial charge in [0.05, 0.1) is 0 Å². The van der Waals surface area contributed by atoms with Crippen molar-refractivity contribution in [1.29, 1.82) is 0 Å². The Bertz CT molecular complexity index is 118. The molecule has 3 heteroatoms. The lowest BCUT2D eigenvalue weighted by Crippen LogP contribution is -2.30. The number of rotatable bonds is 5. The molecule has 0 saturated heterocycles. The summed E-state index contributed by atoms with van der Waals surface area (Å²) in [6.45, 7) is 5.80. The molecule has 13 heavy (non-hydrogen) atoms. The molecule has 0 unspecified atom stereocenters. The van der Waals surface area contributed by atoms with E-state index in [1.54, 1.807) is 0 Å². The fraction of sp³-hybridized carbons (Fsp3) is 1.00. The van der Waals surface area contributed by atoms with Gasteiger partial charge in [0, 0.05) is 13.2 Å². The fourth-order valence-electron chi connectivity index (χ4n) is 2.06. The zero-order chi connectivity index (χ0) is 9.52. The lowest BCUT2D eigenvalue weighted by Gasteiger charge is -2.24. The Morgan fingerprint density at radius 2 is 1.54 bits per heavy atom. The number of hydrogen-bond donors (Lipinski definition) is 0. The average molecular weight is 200 g/mol. The van der Waals surface area contributed by atoms with Crippen LogP contribution < -0.4 is 0 Å². The summed E-state index contributed by atoms with van der Waals surface area (Å²) in [6.07, 6.45) is 6.87. The second-order valence-electron chi connectivity index (χ2n) is 3.68. The quantitative estimate of drug-likeness (QED) is 0.635. The topological polar surface area (TPSA) is 18.5 Å². The SMILES string of the molecule is CC[O][Al]([O]CC)[CH]1CCCCC1. The van der Waals surface area contributed by atoms with E-state index < -0.39 is 14.8 Å². The van der Waals surface area contributed by atoms with Crippen LogP contribution in [-0.2, 0) is 7.58 Å². The van der Waals surface area contributed by atoms with Gasteiger partial charge in [-0.05, 0) is 18.6 Å². The van der Waals surface area contributed by atoms with Gasteiger partial charge in [-0.25, -0.2) is 0 Å². The van der Waals surface area contributed by atoms with Crippen LogP contribution >= 0.6 is 0 Å². The maximum absolute atomic E-state index is 5.74. The second-order valence-corrected chi connectivity index (χ2v) is 6.02. The molecule has 0 aromatic heterocycles. The van der Waals surface area contributed by atoms with Gasteiger partial charge in [0.15, 0.2) is 0 Å². The van der Waals surface area contributed by atoms with Crippen LogP contribution in [0.15, 0.2) is 0 Å². The predicted octanol–water partition coefficient (Wildman–Crippen LogP) is 2.88. The van der Waals surface area contributed by atoms with Gasteiger partial charge in [0.1, 0.15) is 0 Å². The van der Waals surface area contributed by atoms with Gasteiger partial charge in [-0.15, -0.1) is 0 Å². The van der Waals surface area contributed by atoms with E-state index in [0.717, 1.165) is 18.0 Å². The van der Waals surface area contributed by atoms with E-state index in [0.29, 0.717) is 0 Å². The van der Waals surface area contributed by atoms with E-state index >= 15 is 0 Å². The largest absolute Gasteiger partial charge is 0.678 e. The Hall–Kier alpha value is 0.452. The molecule has 1 rings (SSSR count). The highest BCUT2D eigenvalue weighted by molar-refractivity contribution is 6.46. The maximum atomic E-state index is 5.74. The Morgan fingerprint density at radius 1 is 1.00 bits per heavy atom. The molecule has 1 fully saturated rings. The van der Waals surface area contributed by atoms with Crippen molar-refractivity contribution in [3.63, 3.8) is 0 Å². The van der Waals surface area contributed by atoms with Gasteiger partial charge in [0.2, 0.25) is 0 Å². The van der Waals surface area contributed by atoms with Crippen LogP contribution in [0.2, 0.25) is 4.78 Å². The molecule has 0 amide bonds. The maximum Gasteiger partial charge on any atom is 0.678 e. The van der Waals surface area contributed by atoms with Crippen molar-refractivity contribution < 1.29 is 7.58 Å². The summed E-state index contributed by atoms with van der Waals surface area (Å²) in [4.78, 5) is 0. The second kappa shape index (κ2) is 6.84. The lowest BCUT2D eigenvalue weighted by atomic mass is 10.0. The van der Waals surface area contributed by atoms with Crippen molar-refractivity contribution in [2.45, 2.75) is 50.7 Å². The average Bonchev–Trinajstić information content (AvgIpc) is 2.19. The molecular formula is C10H21AlO2. The van der Waals surface area contributed by atoms with E-state index in [2.05, 4.69) is 13.8 Å². The van der Waals surface area contributed by atoms with Gasteiger partial charge >= 0.3 is 14.8 Å². The first-order chi connectivity index (χ1) is 6.38. The van der Waals surface area contributed by atoms with Crippen molar-refractivity contribution in [2.75, 3.05) is 13.2 Å². The monoisotopic (exact) mass is 200 g/mol. The molecule has 0 atom stereocenters. The van der Waals surface area contributed by atoms with Crippen LogP contribution in [0.5, 0.6) is 0 Å². The molecule has 1 aliphatic rings. The zero-order valence-corrected chi connectivity index (χ0v) is 10.1. The molecule has 1 aliphatic carbocycles. The third-order valence-corrected chi connectivity index (χ3v) is 5.46. The van der Waals surface area contributed by atoms with Gasteiger partial charge in [-0.1, -0.05) is 32.1 Å². The van der Waals surface area contributed by atoms with Crippen LogP contribution in [-0.4, -0.2) is 28.0 Å². The Labute approximate surface area is 86.7 Å². The summed E-state index contributed by atoms with van der Waals surface area (Å²) >= 11 is -1.32. The summed E-state index contributed by atoms with van der Waals surface area (Å²) in [5.74, 6) is 0. The summed E-state index contributed by atoms with van der Waals surface area (Å²) in [5, 5.41) is 0. The van der Waals surface area contributed by atoms with Gasteiger partial charge < -0.3 is 7.58 Å². The molecule has 0 N–H and O–H groups in total. The Balaban J connectivity index is 2.32. The van der Waals surface area contributed by atoms with Crippen LogP contribution in [0.4, 0.5) is 0 Å². The minimum Gasteiger partial charge on any atom is -0.478 e. The molecule has 0 bridgehead atoms. The van der Waals surface area contributed by atoms with Crippen molar-refractivity contribution in [2.24, 2.45) is 0 Å². The Kier molecular flexibility index (Phi) is 6.06. The number of hydrogen-bond acceptors (Lipinski definition) is 2. The van der Waals surface area contributed by atoms with Gasteiger partial charge in [0.25, 0.3) is 0 Å². The minimum absolute atomic E-state index is 0.786. The smallest absolute Gasteiger partial charge is 0.478 e. The zero-order valence-electron chi connectivity index (χ0n) is 8.92. The van der Waals surface area contributed by atoms with Crippen molar-refractivity contribution in [3.8, 4) is 0 Å². The van der Waals surface area contributed by atoms with E-state index in [1.165, 1.54) is 32.1 Å². The molecule has 0 aromatic carbocycles. The molecule has 0 radical (unpaired) electrons. The van der Waals surface area contributed by atoms with Crippen molar-refractivity contribution in [1.82, 2.24) is 0 Å². The van der Waals surface area contributed by atoms with E-state index in [4.69, 9.17) is 7.58 Å². The van der Waals surface area contributed by atoms with Crippen molar-refractivity contribution >= 4 is 14.8 Å². The molecule has 0 spiro atoms. The lowest BCUT2D eigenvalue weighted by molar-refractivity contribution is 0.196. The molecule has 0 aromatic rings. The van der Waals surface area contributed by atoms with E-state index in [9.17, 15) is 0 Å². The summed E-state index contributed by atoms with van der Waals surface area (Å²) in [5.41, 5.74) is 0. The first kappa shape index (κ1) is 11.5. The van der Waals surface area contributed by atoms with Crippen LogP contribution in [0.25, 0.3) is 0 Å². The van der Waals surface area contributed by atoms with Gasteiger partial charge in [-0.2, -0.15) is 0 Å². The van der Waals surface area contributed by atoms with Crippen LogP contribution in [0.1, 0.15) is 46.0 Å². The first-order valence-corrected chi connectivity index (χ1v) is 7.22. The predicted molar refractivity (Wildman–Crippen MR) is 55.8 cm³/mol.